The fourth-order valence-corrected chi connectivity index (χ4v) is 2.89. The van der Waals surface area contributed by atoms with Gasteiger partial charge in [-0.05, 0) is 37.0 Å². The number of allylic oxidation sites excluding steroid dienone is 1. The summed E-state index contributed by atoms with van der Waals surface area (Å²) < 4.78 is 0. The number of nitrogens with zero attached hydrogens (tertiary/aromatic N) is 1. The zero-order valence-corrected chi connectivity index (χ0v) is 12.6. The second kappa shape index (κ2) is 7.49. The highest BCUT2D eigenvalue weighted by Gasteiger charge is 2.22. The summed E-state index contributed by atoms with van der Waals surface area (Å²) in [4.78, 5) is 14.2. The van der Waals surface area contributed by atoms with Gasteiger partial charge in [0.05, 0.1) is 0 Å². The highest BCUT2D eigenvalue weighted by molar-refractivity contribution is 6.30. The molecule has 1 aromatic rings. The first kappa shape index (κ1) is 15.1. The Balaban J connectivity index is 2.04. The van der Waals surface area contributed by atoms with Crippen molar-refractivity contribution in [1.29, 1.82) is 0 Å². The summed E-state index contributed by atoms with van der Waals surface area (Å²) >= 11 is 5.95. The minimum Gasteiger partial charge on any atom is -0.342 e. The van der Waals surface area contributed by atoms with Gasteiger partial charge >= 0.3 is 0 Å². The van der Waals surface area contributed by atoms with Gasteiger partial charge in [-0.2, -0.15) is 0 Å². The molecule has 1 aromatic carbocycles. The van der Waals surface area contributed by atoms with Crippen LogP contribution in [0.4, 0.5) is 0 Å². The SMILES string of the molecule is C=CCCC(=O)N1CCCC[C@H](c2ccc(Cl)cc2)C1. The van der Waals surface area contributed by atoms with Crippen LogP contribution in [0.1, 0.15) is 43.6 Å². The molecule has 0 spiro atoms. The Morgan fingerprint density at radius 2 is 2.10 bits per heavy atom. The lowest BCUT2D eigenvalue weighted by Gasteiger charge is -2.25. The molecule has 1 aliphatic rings. The fourth-order valence-electron chi connectivity index (χ4n) is 2.76. The predicted octanol–water partition coefficient (Wildman–Crippen LogP) is 4.40. The molecule has 1 fully saturated rings. The molecule has 1 saturated heterocycles. The Morgan fingerprint density at radius 1 is 1.35 bits per heavy atom. The van der Waals surface area contributed by atoms with E-state index in [-0.39, 0.29) is 5.91 Å². The van der Waals surface area contributed by atoms with Crippen LogP contribution in [0.15, 0.2) is 36.9 Å². The zero-order chi connectivity index (χ0) is 14.4. The van der Waals surface area contributed by atoms with Crippen LogP contribution in [0.25, 0.3) is 0 Å². The molecule has 108 valence electrons. The van der Waals surface area contributed by atoms with Crippen LogP contribution >= 0.6 is 11.6 Å². The minimum absolute atomic E-state index is 0.255. The Hall–Kier alpha value is -1.28. The highest BCUT2D eigenvalue weighted by Crippen LogP contribution is 2.27. The number of carbonyl (C=O) groups excluding carboxylic acids is 1. The van der Waals surface area contributed by atoms with Crippen LogP contribution in [-0.4, -0.2) is 23.9 Å². The monoisotopic (exact) mass is 291 g/mol. The summed E-state index contributed by atoms with van der Waals surface area (Å²) in [7, 11) is 0. The van der Waals surface area contributed by atoms with Crippen molar-refractivity contribution in [2.75, 3.05) is 13.1 Å². The van der Waals surface area contributed by atoms with Gasteiger partial charge in [0, 0.05) is 30.5 Å². The molecule has 1 heterocycles. The molecule has 0 N–H and O–H groups in total. The molecule has 2 nitrogen and oxygen atoms in total. The molecule has 20 heavy (non-hydrogen) atoms. The van der Waals surface area contributed by atoms with E-state index in [2.05, 4.69) is 18.7 Å². The number of hydrogen-bond acceptors (Lipinski definition) is 1. The summed E-state index contributed by atoms with van der Waals surface area (Å²) in [5.41, 5.74) is 1.29. The summed E-state index contributed by atoms with van der Waals surface area (Å²) in [6.07, 6.45) is 6.58. The first-order valence-electron chi connectivity index (χ1n) is 7.35. The van der Waals surface area contributed by atoms with E-state index < -0.39 is 0 Å². The molecule has 0 unspecified atom stereocenters. The Kier molecular flexibility index (Phi) is 5.66. The maximum absolute atomic E-state index is 12.2. The summed E-state index contributed by atoms with van der Waals surface area (Å²) in [6, 6.07) is 8.05. The second-order valence-corrected chi connectivity index (χ2v) is 5.85. The average molecular weight is 292 g/mol. The molecule has 0 aliphatic carbocycles. The van der Waals surface area contributed by atoms with E-state index in [0.29, 0.717) is 12.3 Å². The standard InChI is InChI=1S/C17H22ClNO/c1-2-3-7-17(20)19-12-5-4-6-15(13-19)14-8-10-16(18)11-9-14/h2,8-11,15H,1,3-7,12-13H2/t15-/m0/s1. The lowest BCUT2D eigenvalue weighted by Crippen LogP contribution is -2.33. The van der Waals surface area contributed by atoms with E-state index in [1.165, 1.54) is 12.0 Å². The molecule has 1 atom stereocenters. The summed E-state index contributed by atoms with van der Waals surface area (Å²) in [5, 5.41) is 0.765. The fraction of sp³-hybridized carbons (Fsp3) is 0.471. The molecular weight excluding hydrogens is 270 g/mol. The van der Waals surface area contributed by atoms with Gasteiger partial charge in [-0.1, -0.05) is 36.2 Å². The lowest BCUT2D eigenvalue weighted by atomic mass is 9.94. The molecule has 0 aromatic heterocycles. The number of carbonyl (C=O) groups is 1. The van der Waals surface area contributed by atoms with Crippen molar-refractivity contribution >= 4 is 17.5 Å². The topological polar surface area (TPSA) is 20.3 Å². The molecule has 1 amide bonds. The number of benzene rings is 1. The largest absolute Gasteiger partial charge is 0.342 e. The highest BCUT2D eigenvalue weighted by atomic mass is 35.5. The van der Waals surface area contributed by atoms with Crippen molar-refractivity contribution in [3.8, 4) is 0 Å². The van der Waals surface area contributed by atoms with Crippen LogP contribution in [0.2, 0.25) is 5.02 Å². The van der Waals surface area contributed by atoms with Crippen molar-refractivity contribution in [1.82, 2.24) is 4.90 Å². The van der Waals surface area contributed by atoms with Crippen LogP contribution in [0.5, 0.6) is 0 Å². The quantitative estimate of drug-likeness (QED) is 0.753. The lowest BCUT2D eigenvalue weighted by molar-refractivity contribution is -0.131. The minimum atomic E-state index is 0.255. The van der Waals surface area contributed by atoms with Crippen molar-refractivity contribution in [3.05, 3.63) is 47.5 Å². The number of hydrogen-bond donors (Lipinski definition) is 0. The molecule has 1 aliphatic heterocycles. The van der Waals surface area contributed by atoms with E-state index in [1.54, 1.807) is 0 Å². The molecule has 3 heteroatoms. The third-order valence-electron chi connectivity index (χ3n) is 3.93. The average Bonchev–Trinajstić information content (AvgIpc) is 2.71. The third kappa shape index (κ3) is 4.11. The van der Waals surface area contributed by atoms with Gasteiger partial charge in [0.25, 0.3) is 0 Å². The zero-order valence-electron chi connectivity index (χ0n) is 11.9. The van der Waals surface area contributed by atoms with Gasteiger partial charge in [-0.3, -0.25) is 4.79 Å². The van der Waals surface area contributed by atoms with Crippen molar-refractivity contribution in [3.63, 3.8) is 0 Å². The summed E-state index contributed by atoms with van der Waals surface area (Å²) in [6.45, 7) is 5.40. The van der Waals surface area contributed by atoms with Gasteiger partial charge in [0.1, 0.15) is 0 Å². The molecule has 2 rings (SSSR count). The summed E-state index contributed by atoms with van der Waals surface area (Å²) in [5.74, 6) is 0.688. The normalized spacial score (nSPS) is 19.4. The second-order valence-electron chi connectivity index (χ2n) is 5.41. The molecule has 0 radical (unpaired) electrons. The van der Waals surface area contributed by atoms with Crippen LogP contribution in [0.3, 0.4) is 0 Å². The smallest absolute Gasteiger partial charge is 0.222 e. The Morgan fingerprint density at radius 3 is 2.80 bits per heavy atom. The molecule has 0 saturated carbocycles. The molecule has 0 bridgehead atoms. The number of halogens is 1. The van der Waals surface area contributed by atoms with E-state index in [0.717, 1.165) is 37.4 Å². The van der Waals surface area contributed by atoms with E-state index in [4.69, 9.17) is 11.6 Å². The number of rotatable bonds is 4. The van der Waals surface area contributed by atoms with Gasteiger partial charge in [-0.15, -0.1) is 6.58 Å². The maximum Gasteiger partial charge on any atom is 0.222 e. The maximum atomic E-state index is 12.2. The van der Waals surface area contributed by atoms with Gasteiger partial charge in [-0.25, -0.2) is 0 Å². The third-order valence-corrected chi connectivity index (χ3v) is 4.18. The van der Waals surface area contributed by atoms with Gasteiger partial charge in [0.15, 0.2) is 0 Å². The van der Waals surface area contributed by atoms with E-state index in [1.807, 2.05) is 23.1 Å². The van der Waals surface area contributed by atoms with Crippen LogP contribution < -0.4 is 0 Å². The first-order chi connectivity index (χ1) is 9.70. The van der Waals surface area contributed by atoms with Crippen molar-refractivity contribution in [2.24, 2.45) is 0 Å². The Labute approximate surface area is 126 Å². The number of likely N-dealkylation sites (tertiary alicyclic amines) is 1. The predicted molar refractivity (Wildman–Crippen MR) is 84.1 cm³/mol. The van der Waals surface area contributed by atoms with E-state index in [9.17, 15) is 4.79 Å². The van der Waals surface area contributed by atoms with Crippen molar-refractivity contribution in [2.45, 2.75) is 38.0 Å². The Bertz CT molecular complexity index is 455. The van der Waals surface area contributed by atoms with E-state index >= 15 is 0 Å². The molecular formula is C17H22ClNO. The number of amides is 1. The van der Waals surface area contributed by atoms with Gasteiger partial charge in [0.2, 0.25) is 5.91 Å². The van der Waals surface area contributed by atoms with Crippen LogP contribution in [0, 0.1) is 0 Å². The van der Waals surface area contributed by atoms with Crippen molar-refractivity contribution < 1.29 is 4.79 Å². The van der Waals surface area contributed by atoms with Crippen LogP contribution in [-0.2, 0) is 4.79 Å². The first-order valence-corrected chi connectivity index (χ1v) is 7.72. The van der Waals surface area contributed by atoms with Gasteiger partial charge < -0.3 is 4.90 Å².